The zero-order valence-corrected chi connectivity index (χ0v) is 26.5. The summed E-state index contributed by atoms with van der Waals surface area (Å²) >= 11 is -2.60. The minimum atomic E-state index is -1.30. The second-order valence-electron chi connectivity index (χ2n) is 8.60. The van der Waals surface area contributed by atoms with Gasteiger partial charge < -0.3 is 0 Å². The fourth-order valence-corrected chi connectivity index (χ4v) is 26.6. The van der Waals surface area contributed by atoms with Crippen LogP contribution in [0.15, 0.2) is 140 Å². The average Bonchev–Trinajstić information content (AvgIpc) is 2.97. The van der Waals surface area contributed by atoms with Crippen molar-refractivity contribution < 1.29 is 0 Å². The molecule has 186 valence electrons. The molecule has 0 saturated carbocycles. The predicted octanol–water partition coefficient (Wildman–Crippen LogP) is 5.91. The van der Waals surface area contributed by atoms with Crippen LogP contribution in [0.3, 0.4) is 0 Å². The first-order valence-corrected chi connectivity index (χ1v) is 22.6. The third kappa shape index (κ3) is 6.63. The van der Waals surface area contributed by atoms with Gasteiger partial charge in [-0.1, -0.05) is 0 Å². The molecule has 0 aromatic heterocycles. The van der Waals surface area contributed by atoms with Gasteiger partial charge in [0.2, 0.25) is 0 Å². The van der Waals surface area contributed by atoms with Crippen molar-refractivity contribution in [2.24, 2.45) is 0 Å². The Morgan fingerprint density at radius 2 is 0.784 bits per heavy atom. The molecule has 0 amide bonds. The molecule has 0 aliphatic rings. The molecule has 0 saturated heterocycles. The molecule has 2 radical (unpaired) electrons. The second kappa shape index (κ2) is 13.0. The molecule has 5 rings (SSSR count). The number of hydrogen-bond acceptors (Lipinski definition) is 1. The van der Waals surface area contributed by atoms with E-state index in [1.54, 1.807) is 0 Å². The Balaban J connectivity index is 1.61. The number of benzene rings is 5. The molecule has 1 nitrogen and oxygen atoms in total. The van der Waals surface area contributed by atoms with Gasteiger partial charge in [0.05, 0.1) is 0 Å². The Hall–Kier alpha value is -2.20. The third-order valence-electron chi connectivity index (χ3n) is 6.10. The first-order valence-electron chi connectivity index (χ1n) is 12.3. The Labute approximate surface area is 233 Å². The van der Waals surface area contributed by atoms with Crippen molar-refractivity contribution in [3.63, 3.8) is 0 Å². The van der Waals surface area contributed by atoms with Crippen LogP contribution in [0.2, 0.25) is 0 Å². The summed E-state index contributed by atoms with van der Waals surface area (Å²) in [5.74, 6) is 0. The second-order valence-corrected chi connectivity index (χ2v) is 23.4. The standard InChI is InChI=1S/C32H31NP2Se2/c1-26-16-15-25-32(27(26)2)33(34-36(28-17-7-3-8-18-28)29-19-9-4-10-20-29)35-37(30-21-11-5-12-22-30)31-23-13-6-14-24-31/h3-25,34-35H,1-2H3. The summed E-state index contributed by atoms with van der Waals surface area (Å²) < 4.78 is 8.80. The van der Waals surface area contributed by atoms with Crippen molar-refractivity contribution in [1.29, 1.82) is 0 Å². The van der Waals surface area contributed by atoms with E-state index >= 15 is 0 Å². The summed E-state index contributed by atoms with van der Waals surface area (Å²) in [6.45, 7) is 4.54. The van der Waals surface area contributed by atoms with E-state index < -0.39 is 26.9 Å². The van der Waals surface area contributed by atoms with E-state index in [4.69, 9.17) is 0 Å². The number of nitrogens with zero attached hydrogens (tertiary/aromatic N) is 1. The molecule has 0 fully saturated rings. The van der Waals surface area contributed by atoms with E-state index in [0.717, 1.165) is 14.8 Å². The number of anilines is 1. The van der Waals surface area contributed by atoms with Gasteiger partial charge in [-0.25, -0.2) is 0 Å². The first-order chi connectivity index (χ1) is 18.2. The number of rotatable bonds is 9. The van der Waals surface area contributed by atoms with Crippen molar-refractivity contribution in [3.05, 3.63) is 151 Å². The fourth-order valence-electron chi connectivity index (χ4n) is 3.99. The van der Waals surface area contributed by atoms with Gasteiger partial charge in [-0.15, -0.1) is 0 Å². The minimum absolute atomic E-state index is 0.724. The van der Waals surface area contributed by atoms with Crippen LogP contribution in [0.5, 0.6) is 0 Å². The van der Waals surface area contributed by atoms with Crippen LogP contribution in [0.1, 0.15) is 11.1 Å². The van der Waals surface area contributed by atoms with Gasteiger partial charge in [-0.05, 0) is 0 Å². The monoisotopic (exact) mass is 651 g/mol. The van der Waals surface area contributed by atoms with E-state index in [1.165, 1.54) is 34.7 Å². The van der Waals surface area contributed by atoms with Crippen LogP contribution in [0, 0.1) is 13.8 Å². The predicted molar refractivity (Wildman–Crippen MR) is 171 cm³/mol. The van der Waals surface area contributed by atoms with Gasteiger partial charge in [-0.3, -0.25) is 0 Å². The van der Waals surface area contributed by atoms with Crippen molar-refractivity contribution in [2.45, 2.75) is 13.8 Å². The Bertz CT molecular complexity index is 1240. The Morgan fingerprint density at radius 1 is 0.432 bits per heavy atom. The molecule has 5 aromatic rings. The summed E-state index contributed by atoms with van der Waals surface area (Å²) in [4.78, 5) is 0. The number of hydrogen-bond donors (Lipinski definition) is 0. The Morgan fingerprint density at radius 3 is 1.14 bits per heavy atom. The van der Waals surface area contributed by atoms with Crippen molar-refractivity contribution in [3.8, 4) is 0 Å². The molecular formula is C32H31NP2Se2. The molecule has 5 aromatic carbocycles. The maximum absolute atomic E-state index is 2.79. The van der Waals surface area contributed by atoms with E-state index in [0.29, 0.717) is 0 Å². The topological polar surface area (TPSA) is 3.24 Å². The van der Waals surface area contributed by atoms with Crippen molar-refractivity contribution in [2.75, 3.05) is 4.44 Å². The molecule has 37 heavy (non-hydrogen) atoms. The van der Waals surface area contributed by atoms with Gasteiger partial charge in [0, 0.05) is 0 Å². The van der Waals surface area contributed by atoms with Gasteiger partial charge in [-0.2, -0.15) is 0 Å². The van der Waals surface area contributed by atoms with Gasteiger partial charge in [0.15, 0.2) is 0 Å². The quantitative estimate of drug-likeness (QED) is 0.142. The normalized spacial score (nSPS) is 11.8. The average molecular weight is 649 g/mol. The van der Waals surface area contributed by atoms with Crippen LogP contribution in [-0.4, -0.2) is 26.9 Å². The van der Waals surface area contributed by atoms with Gasteiger partial charge >= 0.3 is 234 Å². The summed E-state index contributed by atoms with van der Waals surface area (Å²) in [7, 11) is 1.45. The van der Waals surface area contributed by atoms with Gasteiger partial charge in [0.25, 0.3) is 0 Å². The first kappa shape index (κ1) is 26.4. The van der Waals surface area contributed by atoms with E-state index in [1.807, 2.05) is 0 Å². The molecule has 5 heteroatoms. The molecule has 2 unspecified atom stereocenters. The molecule has 0 bridgehead atoms. The van der Waals surface area contributed by atoms with E-state index in [2.05, 4.69) is 158 Å². The molecule has 0 aliphatic heterocycles. The van der Waals surface area contributed by atoms with Crippen LogP contribution >= 0.6 is 14.8 Å². The maximum atomic E-state index is 2.79. The van der Waals surface area contributed by atoms with Crippen LogP contribution < -0.4 is 22.3 Å². The van der Waals surface area contributed by atoms with Crippen LogP contribution in [-0.2, 0) is 0 Å². The van der Waals surface area contributed by atoms with Crippen molar-refractivity contribution in [1.82, 2.24) is 0 Å². The fraction of sp³-hybridized carbons (Fsp3) is 0.0625. The number of aryl methyl sites for hydroxylation is 1. The molecule has 0 spiro atoms. The summed E-state index contributed by atoms with van der Waals surface area (Å²) in [6, 6.07) is 51.8. The van der Waals surface area contributed by atoms with Crippen LogP contribution in [0.4, 0.5) is 5.69 Å². The summed E-state index contributed by atoms with van der Waals surface area (Å²) in [6.07, 6.45) is 0. The zero-order valence-electron chi connectivity index (χ0n) is 21.0. The van der Waals surface area contributed by atoms with Crippen molar-refractivity contribution >= 4 is 65.3 Å². The van der Waals surface area contributed by atoms with Crippen LogP contribution in [0.25, 0.3) is 0 Å². The van der Waals surface area contributed by atoms with Gasteiger partial charge in [0.1, 0.15) is 0 Å². The Kier molecular flexibility index (Phi) is 9.31. The molecule has 0 aliphatic carbocycles. The SMILES string of the molecule is Cc1cccc(N(P[Se](c2ccccc2)c2ccccc2)P[Se](c2ccccc2)c2ccccc2)c1C. The third-order valence-corrected chi connectivity index (χ3v) is 25.9. The molecular weight excluding hydrogens is 618 g/mol. The molecule has 2 atom stereocenters. The molecule has 0 N–H and O–H groups in total. The molecule has 0 heterocycles. The van der Waals surface area contributed by atoms with E-state index in [9.17, 15) is 0 Å². The summed E-state index contributed by atoms with van der Waals surface area (Å²) in [5.41, 5.74) is 4.17. The zero-order chi connectivity index (χ0) is 25.5. The van der Waals surface area contributed by atoms with E-state index in [-0.39, 0.29) is 0 Å². The summed E-state index contributed by atoms with van der Waals surface area (Å²) in [5, 5.41) is 0.